The molecule has 2 bridgehead atoms. The van der Waals surface area contributed by atoms with E-state index in [0.717, 1.165) is 19.3 Å². The Hall–Kier alpha value is -0.670. The van der Waals surface area contributed by atoms with Crippen molar-refractivity contribution in [2.45, 2.75) is 78.4 Å². The molecule has 0 aromatic carbocycles. The number of ketones is 1. The fourth-order valence-corrected chi connectivity index (χ4v) is 6.18. The molecule has 3 rings (SSSR count). The number of carbonyl (C=O) groups is 1. The van der Waals surface area contributed by atoms with Crippen molar-refractivity contribution >= 4 is 5.78 Å². The van der Waals surface area contributed by atoms with E-state index in [1.165, 1.54) is 5.57 Å². The molecular formula is C19H30O3. The van der Waals surface area contributed by atoms with Crippen molar-refractivity contribution in [3.8, 4) is 0 Å². The average molecular weight is 306 g/mol. The maximum absolute atomic E-state index is 13.1. The molecule has 1 fully saturated rings. The first-order valence-corrected chi connectivity index (χ1v) is 8.43. The van der Waals surface area contributed by atoms with E-state index in [0.29, 0.717) is 18.4 Å². The number of allylic oxidation sites excluding steroid dienone is 1. The number of ether oxygens (including phenoxy) is 1. The summed E-state index contributed by atoms with van der Waals surface area (Å²) in [4.78, 5) is 13.1. The summed E-state index contributed by atoms with van der Waals surface area (Å²) in [6.45, 7) is 10.9. The van der Waals surface area contributed by atoms with Crippen LogP contribution in [-0.4, -0.2) is 29.7 Å². The van der Waals surface area contributed by atoms with E-state index >= 15 is 0 Å². The third-order valence-corrected chi connectivity index (χ3v) is 5.95. The van der Waals surface area contributed by atoms with Gasteiger partial charge in [-0.3, -0.25) is 4.79 Å². The molecule has 3 aliphatic carbocycles. The van der Waals surface area contributed by atoms with Gasteiger partial charge in [-0.15, -0.1) is 0 Å². The summed E-state index contributed by atoms with van der Waals surface area (Å²) in [6, 6.07) is 0. The maximum Gasteiger partial charge on any atom is 0.190 e. The summed E-state index contributed by atoms with van der Waals surface area (Å²) in [6.07, 6.45) is 3.86. The van der Waals surface area contributed by atoms with Gasteiger partial charge in [-0.2, -0.15) is 0 Å². The minimum atomic E-state index is -0.964. The molecule has 0 unspecified atom stereocenters. The summed E-state index contributed by atoms with van der Waals surface area (Å²) < 4.78 is 5.53. The van der Waals surface area contributed by atoms with E-state index in [2.05, 4.69) is 34.6 Å². The highest BCUT2D eigenvalue weighted by molar-refractivity contribution is 6.03. The van der Waals surface area contributed by atoms with Crippen LogP contribution in [0.5, 0.6) is 0 Å². The smallest absolute Gasteiger partial charge is 0.190 e. The predicted molar refractivity (Wildman–Crippen MR) is 86.5 cm³/mol. The zero-order valence-corrected chi connectivity index (χ0v) is 14.9. The number of fused-ring (bicyclic) bond motifs is 3. The average Bonchev–Trinajstić information content (AvgIpc) is 2.20. The number of methoxy groups -OCH3 is 1. The Labute approximate surface area is 134 Å². The van der Waals surface area contributed by atoms with Crippen molar-refractivity contribution in [1.29, 1.82) is 0 Å². The van der Waals surface area contributed by atoms with Crippen LogP contribution in [0, 0.1) is 16.2 Å². The number of hydrogen-bond donors (Lipinski definition) is 1. The van der Waals surface area contributed by atoms with E-state index in [9.17, 15) is 9.90 Å². The molecule has 0 saturated heterocycles. The van der Waals surface area contributed by atoms with E-state index < -0.39 is 11.7 Å². The van der Waals surface area contributed by atoms with E-state index in [4.69, 9.17) is 4.74 Å². The van der Waals surface area contributed by atoms with E-state index in [1.807, 2.05) is 0 Å². The van der Waals surface area contributed by atoms with Crippen LogP contribution < -0.4 is 0 Å². The lowest BCUT2D eigenvalue weighted by Crippen LogP contribution is -2.57. The molecule has 3 aliphatic rings. The Kier molecular flexibility index (Phi) is 3.27. The Balaban J connectivity index is 2.13. The molecule has 3 heteroatoms. The Morgan fingerprint density at radius 1 is 1.05 bits per heavy atom. The van der Waals surface area contributed by atoms with Gasteiger partial charge in [0.15, 0.2) is 5.78 Å². The molecule has 0 aliphatic heterocycles. The van der Waals surface area contributed by atoms with Crippen molar-refractivity contribution in [3.05, 3.63) is 11.1 Å². The predicted octanol–water partition coefficient (Wildman–Crippen LogP) is 3.65. The SMILES string of the molecule is CO[C@@H]1C(=O)C2=C(CC1(C)C)C[C@@]1(C)CC(C)(C)C[C@]2(O)C1. The van der Waals surface area contributed by atoms with Gasteiger partial charge in [0.05, 0.1) is 5.60 Å². The van der Waals surface area contributed by atoms with Crippen LogP contribution >= 0.6 is 0 Å². The summed E-state index contributed by atoms with van der Waals surface area (Å²) in [5.74, 6) is 0.0241. The van der Waals surface area contributed by atoms with Crippen LogP contribution in [0.4, 0.5) is 0 Å². The highest BCUT2D eigenvalue weighted by atomic mass is 16.5. The van der Waals surface area contributed by atoms with Crippen molar-refractivity contribution in [2.75, 3.05) is 7.11 Å². The van der Waals surface area contributed by atoms with Gasteiger partial charge in [-0.1, -0.05) is 40.2 Å². The van der Waals surface area contributed by atoms with Crippen molar-refractivity contribution in [3.63, 3.8) is 0 Å². The van der Waals surface area contributed by atoms with Gasteiger partial charge in [0, 0.05) is 18.1 Å². The number of carbonyl (C=O) groups excluding carboxylic acids is 1. The Morgan fingerprint density at radius 3 is 2.27 bits per heavy atom. The summed E-state index contributed by atoms with van der Waals surface area (Å²) in [5.41, 5.74) is 0.897. The summed E-state index contributed by atoms with van der Waals surface area (Å²) in [5, 5.41) is 11.4. The van der Waals surface area contributed by atoms with Gasteiger partial charge < -0.3 is 9.84 Å². The Morgan fingerprint density at radius 2 is 1.68 bits per heavy atom. The fourth-order valence-electron chi connectivity index (χ4n) is 6.18. The zero-order chi connectivity index (χ0) is 16.6. The number of Topliss-reactive ketones (excluding diaryl/α,β-unsaturated/α-hetero) is 1. The van der Waals surface area contributed by atoms with Gasteiger partial charge in [0.25, 0.3) is 0 Å². The number of hydrogen-bond acceptors (Lipinski definition) is 3. The van der Waals surface area contributed by atoms with Crippen LogP contribution in [0.25, 0.3) is 0 Å². The summed E-state index contributed by atoms with van der Waals surface area (Å²) in [7, 11) is 1.61. The largest absolute Gasteiger partial charge is 0.385 e. The molecule has 1 N–H and O–H groups in total. The normalized spacial score (nSPS) is 43.0. The van der Waals surface area contributed by atoms with Crippen LogP contribution in [0.15, 0.2) is 11.1 Å². The van der Waals surface area contributed by atoms with Gasteiger partial charge >= 0.3 is 0 Å². The second-order valence-electron chi connectivity index (χ2n) is 9.84. The lowest BCUT2D eigenvalue weighted by molar-refractivity contribution is -0.142. The van der Waals surface area contributed by atoms with Crippen molar-refractivity contribution in [2.24, 2.45) is 16.2 Å². The van der Waals surface area contributed by atoms with E-state index in [-0.39, 0.29) is 22.0 Å². The van der Waals surface area contributed by atoms with Crippen molar-refractivity contribution < 1.29 is 14.6 Å². The molecule has 124 valence electrons. The monoisotopic (exact) mass is 306 g/mol. The molecule has 0 spiro atoms. The quantitative estimate of drug-likeness (QED) is 0.804. The Bertz CT molecular complexity index is 557. The lowest BCUT2D eigenvalue weighted by atomic mass is 9.49. The third kappa shape index (κ3) is 2.28. The standard InChI is InChI=1S/C19H30O3/c1-16(2)9-18(5)8-12-7-17(3,4)15(22-6)14(20)13(12)19(21,10-16)11-18/h15,21H,7-11H2,1-6H3/t15-,18+,19+/m1/s1. The van der Waals surface area contributed by atoms with Crippen LogP contribution in [0.2, 0.25) is 0 Å². The molecular weight excluding hydrogens is 276 g/mol. The van der Waals surface area contributed by atoms with Crippen LogP contribution in [0.1, 0.15) is 66.7 Å². The molecule has 3 nitrogen and oxygen atoms in total. The molecule has 22 heavy (non-hydrogen) atoms. The molecule has 0 aromatic rings. The highest BCUT2D eigenvalue weighted by Gasteiger charge is 2.59. The molecule has 0 heterocycles. The minimum absolute atomic E-state index is 0.0241. The molecule has 1 saturated carbocycles. The first kappa shape index (κ1) is 16.2. The third-order valence-electron chi connectivity index (χ3n) is 5.95. The fraction of sp³-hybridized carbons (Fsp3) is 0.842. The van der Waals surface area contributed by atoms with Crippen LogP contribution in [-0.2, 0) is 9.53 Å². The second-order valence-corrected chi connectivity index (χ2v) is 9.84. The highest BCUT2D eigenvalue weighted by Crippen LogP contribution is 2.61. The molecule has 0 aromatic heterocycles. The van der Waals surface area contributed by atoms with Gasteiger partial charge in [0.1, 0.15) is 6.10 Å². The number of rotatable bonds is 1. The first-order chi connectivity index (χ1) is 9.91. The molecule has 0 amide bonds. The van der Waals surface area contributed by atoms with E-state index in [1.54, 1.807) is 7.11 Å². The van der Waals surface area contributed by atoms with Gasteiger partial charge in [-0.05, 0) is 42.9 Å². The van der Waals surface area contributed by atoms with Crippen LogP contribution in [0.3, 0.4) is 0 Å². The topological polar surface area (TPSA) is 46.5 Å². The lowest BCUT2D eigenvalue weighted by Gasteiger charge is -2.57. The maximum atomic E-state index is 13.1. The van der Waals surface area contributed by atoms with Gasteiger partial charge in [-0.25, -0.2) is 0 Å². The molecule has 3 atom stereocenters. The summed E-state index contributed by atoms with van der Waals surface area (Å²) >= 11 is 0. The first-order valence-electron chi connectivity index (χ1n) is 8.43. The van der Waals surface area contributed by atoms with Gasteiger partial charge in [0.2, 0.25) is 0 Å². The number of aliphatic hydroxyl groups is 1. The minimum Gasteiger partial charge on any atom is -0.385 e. The molecule has 0 radical (unpaired) electrons. The zero-order valence-electron chi connectivity index (χ0n) is 14.9. The van der Waals surface area contributed by atoms with Crippen molar-refractivity contribution in [1.82, 2.24) is 0 Å². The second kappa shape index (κ2) is 4.45.